The normalized spacial score (nSPS) is 12.6. The van der Waals surface area contributed by atoms with Crippen LogP contribution in [0.2, 0.25) is 10.0 Å². The molecule has 1 heterocycles. The van der Waals surface area contributed by atoms with Gasteiger partial charge in [-0.25, -0.2) is 4.98 Å². The Balaban J connectivity index is 1.44. The molecule has 1 N–H and O–H groups in total. The highest BCUT2D eigenvalue weighted by Crippen LogP contribution is 2.33. The van der Waals surface area contributed by atoms with Crippen LogP contribution in [0, 0.1) is 5.92 Å². The smallest absolute Gasteiger partial charge is 0.254 e. The number of aromatic nitrogens is 2. The molecule has 206 valence electrons. The van der Waals surface area contributed by atoms with Crippen LogP contribution < -0.4 is 14.8 Å². The molecule has 0 atom stereocenters. The van der Waals surface area contributed by atoms with Crippen LogP contribution in [-0.4, -0.2) is 53.6 Å². The molecule has 10 heteroatoms. The van der Waals surface area contributed by atoms with Crippen molar-refractivity contribution >= 4 is 41.0 Å². The number of amides is 2. The first-order chi connectivity index (χ1) is 19.3. The molecule has 1 fully saturated rings. The molecule has 40 heavy (non-hydrogen) atoms. The van der Waals surface area contributed by atoms with Gasteiger partial charge in [0.25, 0.3) is 5.91 Å². The van der Waals surface area contributed by atoms with Gasteiger partial charge in [0.05, 0.1) is 25.6 Å². The minimum Gasteiger partial charge on any atom is -0.493 e. The second kappa shape index (κ2) is 12.0. The van der Waals surface area contributed by atoms with Crippen LogP contribution in [0.15, 0.2) is 72.9 Å². The van der Waals surface area contributed by atoms with Gasteiger partial charge in [0.2, 0.25) is 11.9 Å². The zero-order chi connectivity index (χ0) is 28.2. The standard InChI is InChI=1S/C30H28Cl2N4O4/c1-39-26-14-13-24(15-27(26)40-2)36-17-25(20-5-9-22(31)10-6-20)33-30(36)34-28(37)18-35(16-19-3-4-19)29(38)21-7-11-23(32)12-8-21/h5-15,17,19H,3-4,16,18H2,1-2H3,(H,33,34,37). The number of anilines is 1. The molecule has 1 aliphatic carbocycles. The van der Waals surface area contributed by atoms with Crippen molar-refractivity contribution in [1.29, 1.82) is 0 Å². The third kappa shape index (κ3) is 6.41. The average Bonchev–Trinajstić information content (AvgIpc) is 3.69. The van der Waals surface area contributed by atoms with Gasteiger partial charge in [0.15, 0.2) is 11.5 Å². The van der Waals surface area contributed by atoms with E-state index in [1.807, 2.05) is 24.4 Å². The molecule has 0 unspecified atom stereocenters. The number of hydrogen-bond donors (Lipinski definition) is 1. The number of nitrogens with zero attached hydrogens (tertiary/aromatic N) is 3. The molecule has 2 amide bonds. The monoisotopic (exact) mass is 578 g/mol. The number of carbonyl (C=O) groups excluding carboxylic acids is 2. The van der Waals surface area contributed by atoms with Gasteiger partial charge >= 0.3 is 0 Å². The third-order valence-electron chi connectivity index (χ3n) is 6.63. The fourth-order valence-corrected chi connectivity index (χ4v) is 4.60. The van der Waals surface area contributed by atoms with Crippen LogP contribution in [0.5, 0.6) is 11.5 Å². The van der Waals surface area contributed by atoms with Crippen molar-refractivity contribution in [2.45, 2.75) is 12.8 Å². The minimum atomic E-state index is -0.363. The molecule has 1 aromatic heterocycles. The molecule has 0 saturated heterocycles. The number of hydrogen-bond acceptors (Lipinski definition) is 5. The number of benzene rings is 3. The van der Waals surface area contributed by atoms with E-state index in [0.29, 0.717) is 56.9 Å². The highest BCUT2D eigenvalue weighted by molar-refractivity contribution is 6.31. The van der Waals surface area contributed by atoms with Crippen LogP contribution in [0.4, 0.5) is 5.95 Å². The Kier molecular flexibility index (Phi) is 8.28. The largest absolute Gasteiger partial charge is 0.493 e. The lowest BCUT2D eigenvalue weighted by Gasteiger charge is -2.22. The van der Waals surface area contributed by atoms with Gasteiger partial charge in [0, 0.05) is 40.0 Å². The summed E-state index contributed by atoms with van der Waals surface area (Å²) in [4.78, 5) is 33.0. The minimum absolute atomic E-state index is 0.118. The van der Waals surface area contributed by atoms with Crippen molar-refractivity contribution in [3.05, 3.63) is 88.5 Å². The molecule has 4 aromatic rings. The Morgan fingerprint density at radius 3 is 2.23 bits per heavy atom. The number of ether oxygens (including phenoxy) is 2. The zero-order valence-corrected chi connectivity index (χ0v) is 23.6. The number of halogens is 2. The van der Waals surface area contributed by atoms with E-state index < -0.39 is 0 Å². The molecular weight excluding hydrogens is 551 g/mol. The van der Waals surface area contributed by atoms with Gasteiger partial charge in [-0.1, -0.05) is 35.3 Å². The molecule has 8 nitrogen and oxygen atoms in total. The fraction of sp³-hybridized carbons (Fsp3) is 0.233. The van der Waals surface area contributed by atoms with Crippen molar-refractivity contribution in [1.82, 2.24) is 14.5 Å². The molecule has 1 aliphatic rings. The van der Waals surface area contributed by atoms with Crippen molar-refractivity contribution < 1.29 is 19.1 Å². The molecule has 0 radical (unpaired) electrons. The van der Waals surface area contributed by atoms with Gasteiger partial charge in [-0.2, -0.15) is 0 Å². The highest BCUT2D eigenvalue weighted by atomic mass is 35.5. The molecule has 5 rings (SSSR count). The summed E-state index contributed by atoms with van der Waals surface area (Å²) in [6, 6.07) is 19.4. The molecule has 0 spiro atoms. The maximum Gasteiger partial charge on any atom is 0.254 e. The summed E-state index contributed by atoms with van der Waals surface area (Å²) in [5, 5.41) is 4.07. The molecule has 0 bridgehead atoms. The second-order valence-corrected chi connectivity index (χ2v) is 10.4. The van der Waals surface area contributed by atoms with Crippen LogP contribution in [0.25, 0.3) is 16.9 Å². The van der Waals surface area contributed by atoms with Crippen molar-refractivity contribution in [3.8, 4) is 28.4 Å². The van der Waals surface area contributed by atoms with E-state index in [-0.39, 0.29) is 18.4 Å². The van der Waals surface area contributed by atoms with Crippen LogP contribution in [0.3, 0.4) is 0 Å². The van der Waals surface area contributed by atoms with E-state index in [2.05, 4.69) is 5.32 Å². The maximum absolute atomic E-state index is 13.4. The summed E-state index contributed by atoms with van der Waals surface area (Å²) >= 11 is 12.1. The first-order valence-corrected chi connectivity index (χ1v) is 13.5. The molecule has 3 aromatic carbocycles. The summed E-state index contributed by atoms with van der Waals surface area (Å²) in [6.45, 7) is 0.391. The van der Waals surface area contributed by atoms with Crippen LogP contribution in [-0.2, 0) is 4.79 Å². The number of nitrogens with one attached hydrogen (secondary N) is 1. The lowest BCUT2D eigenvalue weighted by atomic mass is 10.2. The number of imidazole rings is 1. The predicted octanol–water partition coefficient (Wildman–Crippen LogP) is 6.35. The van der Waals surface area contributed by atoms with Crippen molar-refractivity contribution in [2.24, 2.45) is 5.92 Å². The van der Waals surface area contributed by atoms with E-state index in [0.717, 1.165) is 18.4 Å². The van der Waals surface area contributed by atoms with E-state index in [9.17, 15) is 9.59 Å². The van der Waals surface area contributed by atoms with Gasteiger partial charge in [0.1, 0.15) is 6.54 Å². The Labute approximate surface area is 242 Å². The predicted molar refractivity (Wildman–Crippen MR) is 156 cm³/mol. The Hall–Kier alpha value is -4.01. The zero-order valence-electron chi connectivity index (χ0n) is 22.1. The Bertz CT molecular complexity index is 1520. The molecular formula is C30H28Cl2N4O4. The van der Waals surface area contributed by atoms with Crippen molar-refractivity contribution in [2.75, 3.05) is 32.6 Å². The van der Waals surface area contributed by atoms with E-state index in [4.69, 9.17) is 37.7 Å². The van der Waals surface area contributed by atoms with Gasteiger partial charge < -0.3 is 14.4 Å². The summed E-state index contributed by atoms with van der Waals surface area (Å²) < 4.78 is 12.6. The summed E-state index contributed by atoms with van der Waals surface area (Å²) in [5.74, 6) is 1.22. The molecule has 1 saturated carbocycles. The lowest BCUT2D eigenvalue weighted by molar-refractivity contribution is -0.117. The first-order valence-electron chi connectivity index (χ1n) is 12.8. The van der Waals surface area contributed by atoms with E-state index >= 15 is 0 Å². The second-order valence-electron chi connectivity index (χ2n) is 9.55. The number of carbonyl (C=O) groups is 2. The topological polar surface area (TPSA) is 85.7 Å². The summed E-state index contributed by atoms with van der Waals surface area (Å²) in [7, 11) is 3.13. The average molecular weight is 579 g/mol. The quantitative estimate of drug-likeness (QED) is 0.237. The Morgan fingerprint density at radius 1 is 0.950 bits per heavy atom. The van der Waals surface area contributed by atoms with Gasteiger partial charge in [-0.05, 0) is 67.3 Å². The number of methoxy groups -OCH3 is 2. The first kappa shape index (κ1) is 27.6. The molecule has 0 aliphatic heterocycles. The van der Waals surface area contributed by atoms with Gasteiger partial charge in [-0.15, -0.1) is 0 Å². The van der Waals surface area contributed by atoms with Crippen LogP contribution in [0.1, 0.15) is 23.2 Å². The Morgan fingerprint density at radius 2 is 1.60 bits per heavy atom. The third-order valence-corrected chi connectivity index (χ3v) is 7.13. The van der Waals surface area contributed by atoms with E-state index in [1.54, 1.807) is 72.2 Å². The van der Waals surface area contributed by atoms with E-state index in [1.165, 1.54) is 0 Å². The lowest BCUT2D eigenvalue weighted by Crippen LogP contribution is -2.39. The van der Waals surface area contributed by atoms with Gasteiger partial charge in [-0.3, -0.25) is 19.5 Å². The van der Waals surface area contributed by atoms with Crippen molar-refractivity contribution in [3.63, 3.8) is 0 Å². The number of rotatable bonds is 10. The highest BCUT2D eigenvalue weighted by Gasteiger charge is 2.29. The summed E-state index contributed by atoms with van der Waals surface area (Å²) in [6.07, 6.45) is 3.90. The fourth-order valence-electron chi connectivity index (χ4n) is 4.34. The summed E-state index contributed by atoms with van der Waals surface area (Å²) in [5.41, 5.74) is 2.64. The maximum atomic E-state index is 13.4. The van der Waals surface area contributed by atoms with Crippen LogP contribution >= 0.6 is 23.2 Å². The SMILES string of the molecule is COc1ccc(-n2cc(-c3ccc(Cl)cc3)nc2NC(=O)CN(CC2CC2)C(=O)c2ccc(Cl)cc2)cc1OC.